The lowest BCUT2D eigenvalue weighted by Crippen LogP contribution is -2.48. The molecule has 31 heavy (non-hydrogen) atoms. The van der Waals surface area contributed by atoms with Crippen LogP contribution >= 0.6 is 0 Å². The molecular formula is C23H35BN2O5. The largest absolute Gasteiger partial charge is 0.496 e. The molecule has 2 heterocycles. The maximum absolute atomic E-state index is 13.3. The molecule has 0 spiro atoms. The van der Waals surface area contributed by atoms with Crippen molar-refractivity contribution in [1.82, 2.24) is 4.90 Å². The topological polar surface area (TPSA) is 77.1 Å². The molecule has 2 atom stereocenters. The van der Waals surface area contributed by atoms with E-state index in [0.29, 0.717) is 12.2 Å². The van der Waals surface area contributed by atoms with E-state index < -0.39 is 36.1 Å². The van der Waals surface area contributed by atoms with Crippen molar-refractivity contribution in [1.29, 1.82) is 0 Å². The monoisotopic (exact) mass is 430 g/mol. The summed E-state index contributed by atoms with van der Waals surface area (Å²) in [4.78, 5) is 27.5. The summed E-state index contributed by atoms with van der Waals surface area (Å²) in [5.74, 6) is -0.212. The van der Waals surface area contributed by atoms with Gasteiger partial charge in [-0.3, -0.25) is 9.69 Å². The number of hydrogen-bond acceptors (Lipinski definition) is 5. The highest BCUT2D eigenvalue weighted by Gasteiger charge is 2.52. The van der Waals surface area contributed by atoms with Crippen molar-refractivity contribution in [2.24, 2.45) is 5.92 Å². The van der Waals surface area contributed by atoms with E-state index in [1.165, 1.54) is 4.90 Å². The number of nitrogens with zero attached hydrogens (tertiary/aromatic N) is 1. The molecule has 2 fully saturated rings. The Morgan fingerprint density at radius 1 is 1.13 bits per heavy atom. The first-order chi connectivity index (χ1) is 14.2. The highest BCUT2D eigenvalue weighted by Crippen LogP contribution is 2.37. The molecule has 0 unspecified atom stereocenters. The number of ether oxygens (including phenoxy) is 1. The molecule has 8 heteroatoms. The normalized spacial score (nSPS) is 24.9. The van der Waals surface area contributed by atoms with Crippen molar-refractivity contribution in [2.75, 3.05) is 11.9 Å². The predicted octanol–water partition coefficient (Wildman–Crippen LogP) is 3.57. The summed E-state index contributed by atoms with van der Waals surface area (Å²) in [5.41, 5.74) is -0.212. The summed E-state index contributed by atoms with van der Waals surface area (Å²) >= 11 is 0. The third kappa shape index (κ3) is 4.90. The van der Waals surface area contributed by atoms with Gasteiger partial charge >= 0.3 is 13.2 Å². The van der Waals surface area contributed by atoms with Gasteiger partial charge in [0.05, 0.1) is 11.2 Å². The van der Waals surface area contributed by atoms with E-state index in [4.69, 9.17) is 14.0 Å². The third-order valence-corrected chi connectivity index (χ3v) is 6.32. The highest BCUT2D eigenvalue weighted by atomic mass is 16.7. The van der Waals surface area contributed by atoms with E-state index >= 15 is 0 Å². The SMILES string of the molecule is C[C@H]1CCN(C(=O)OC(C)(C)C)[C@@H]1C(=O)Nc1ccccc1B1OC(C)(C)C(C)(C)O1. The quantitative estimate of drug-likeness (QED) is 0.742. The van der Waals surface area contributed by atoms with Gasteiger partial charge in [0.2, 0.25) is 5.91 Å². The number of amides is 2. The fraction of sp³-hybridized carbons (Fsp3) is 0.652. The minimum atomic E-state index is -0.618. The maximum atomic E-state index is 13.3. The Bertz CT molecular complexity index is 833. The maximum Gasteiger partial charge on any atom is 0.496 e. The first-order valence-corrected chi connectivity index (χ1v) is 11.0. The van der Waals surface area contributed by atoms with Crippen LogP contribution in [0.3, 0.4) is 0 Å². The van der Waals surface area contributed by atoms with Crippen molar-refractivity contribution in [3.8, 4) is 0 Å². The Morgan fingerprint density at radius 2 is 1.71 bits per heavy atom. The molecule has 170 valence electrons. The number of nitrogens with one attached hydrogen (secondary N) is 1. The Morgan fingerprint density at radius 3 is 2.29 bits per heavy atom. The molecule has 2 amide bonds. The summed E-state index contributed by atoms with van der Waals surface area (Å²) in [5, 5.41) is 3.01. The lowest BCUT2D eigenvalue weighted by molar-refractivity contribution is -0.121. The number of likely N-dealkylation sites (tertiary alicyclic amines) is 1. The number of hydrogen-bond donors (Lipinski definition) is 1. The Hall–Kier alpha value is -2.06. The molecule has 2 saturated heterocycles. The molecule has 0 aromatic heterocycles. The van der Waals surface area contributed by atoms with E-state index in [1.807, 2.05) is 79.7 Å². The van der Waals surface area contributed by atoms with Gasteiger partial charge < -0.3 is 19.4 Å². The predicted molar refractivity (Wildman–Crippen MR) is 121 cm³/mol. The molecule has 2 aliphatic rings. The molecular weight excluding hydrogens is 395 g/mol. The smallest absolute Gasteiger partial charge is 0.444 e. The van der Waals surface area contributed by atoms with E-state index in [1.54, 1.807) is 0 Å². The number of carbonyl (C=O) groups excluding carboxylic acids is 2. The molecule has 2 aliphatic heterocycles. The second-order valence-electron chi connectivity index (χ2n) is 10.5. The second kappa shape index (κ2) is 8.13. The van der Waals surface area contributed by atoms with Gasteiger partial charge in [0.25, 0.3) is 0 Å². The molecule has 1 N–H and O–H groups in total. The van der Waals surface area contributed by atoms with Crippen LogP contribution in [-0.2, 0) is 18.8 Å². The summed E-state index contributed by atoms with van der Waals surface area (Å²) in [6, 6.07) is 6.87. The standard InChI is InChI=1S/C23H35BN2O5/c1-15-13-14-26(20(28)29-21(2,3)4)18(15)19(27)25-17-12-10-9-11-16(17)24-30-22(5,6)23(7,8)31-24/h9-12,15,18H,13-14H2,1-8H3,(H,25,27)/t15-,18-/m0/s1. The zero-order valence-corrected chi connectivity index (χ0v) is 19.9. The zero-order valence-electron chi connectivity index (χ0n) is 19.9. The molecule has 3 rings (SSSR count). The summed E-state index contributed by atoms with van der Waals surface area (Å²) in [6.45, 7) is 15.9. The summed E-state index contributed by atoms with van der Waals surface area (Å²) in [6.07, 6.45) is 0.284. The molecule has 0 bridgehead atoms. The molecule has 1 aromatic rings. The van der Waals surface area contributed by atoms with Crippen LogP contribution in [0.2, 0.25) is 0 Å². The van der Waals surface area contributed by atoms with Crippen LogP contribution in [0.5, 0.6) is 0 Å². The van der Waals surface area contributed by atoms with Crippen molar-refractivity contribution < 1.29 is 23.6 Å². The second-order valence-corrected chi connectivity index (χ2v) is 10.5. The lowest BCUT2D eigenvalue weighted by atomic mass is 9.77. The fourth-order valence-electron chi connectivity index (χ4n) is 3.87. The molecule has 7 nitrogen and oxygen atoms in total. The number of para-hydroxylation sites is 1. The van der Waals surface area contributed by atoms with Gasteiger partial charge in [0.15, 0.2) is 0 Å². The zero-order chi connectivity index (χ0) is 23.2. The van der Waals surface area contributed by atoms with Gasteiger partial charge in [-0.1, -0.05) is 25.1 Å². The number of rotatable bonds is 3. The van der Waals surface area contributed by atoms with E-state index in [2.05, 4.69) is 5.32 Å². The van der Waals surface area contributed by atoms with Crippen LogP contribution in [0.15, 0.2) is 24.3 Å². The van der Waals surface area contributed by atoms with Crippen LogP contribution in [-0.4, -0.2) is 53.4 Å². The van der Waals surface area contributed by atoms with Crippen LogP contribution in [0, 0.1) is 5.92 Å². The third-order valence-electron chi connectivity index (χ3n) is 6.32. The van der Waals surface area contributed by atoms with Crippen LogP contribution in [0.25, 0.3) is 0 Å². The Kier molecular flexibility index (Phi) is 6.19. The van der Waals surface area contributed by atoms with Gasteiger partial charge in [-0.05, 0) is 66.9 Å². The van der Waals surface area contributed by atoms with Gasteiger partial charge in [0.1, 0.15) is 11.6 Å². The summed E-state index contributed by atoms with van der Waals surface area (Å²) < 4.78 is 17.9. The molecule has 0 aliphatic carbocycles. The van der Waals surface area contributed by atoms with E-state index in [0.717, 1.165) is 11.9 Å². The van der Waals surface area contributed by atoms with Crippen LogP contribution < -0.4 is 10.8 Å². The van der Waals surface area contributed by atoms with Crippen molar-refractivity contribution in [2.45, 2.75) is 84.7 Å². The van der Waals surface area contributed by atoms with Crippen molar-refractivity contribution in [3.05, 3.63) is 24.3 Å². The van der Waals surface area contributed by atoms with Gasteiger partial charge in [-0.15, -0.1) is 0 Å². The molecule has 0 radical (unpaired) electrons. The van der Waals surface area contributed by atoms with Crippen LogP contribution in [0.1, 0.15) is 61.8 Å². The minimum absolute atomic E-state index is 0.0246. The Labute approximate surface area is 185 Å². The van der Waals surface area contributed by atoms with E-state index in [9.17, 15) is 9.59 Å². The van der Waals surface area contributed by atoms with Gasteiger partial charge in [0, 0.05) is 17.7 Å². The summed E-state index contributed by atoms with van der Waals surface area (Å²) in [7, 11) is -0.593. The minimum Gasteiger partial charge on any atom is -0.444 e. The van der Waals surface area contributed by atoms with Crippen molar-refractivity contribution >= 4 is 30.3 Å². The number of anilines is 1. The lowest BCUT2D eigenvalue weighted by Gasteiger charge is -2.32. The van der Waals surface area contributed by atoms with Gasteiger partial charge in [-0.2, -0.15) is 0 Å². The fourth-order valence-corrected chi connectivity index (χ4v) is 3.87. The Balaban J connectivity index is 1.80. The van der Waals surface area contributed by atoms with Crippen molar-refractivity contribution in [3.63, 3.8) is 0 Å². The number of benzene rings is 1. The first-order valence-electron chi connectivity index (χ1n) is 11.0. The average molecular weight is 430 g/mol. The van der Waals surface area contributed by atoms with Crippen LogP contribution in [0.4, 0.5) is 10.5 Å². The van der Waals surface area contributed by atoms with Gasteiger partial charge in [-0.25, -0.2) is 4.79 Å². The first kappa shape index (κ1) is 23.6. The van der Waals surface area contributed by atoms with E-state index in [-0.39, 0.29) is 11.8 Å². The highest BCUT2D eigenvalue weighted by molar-refractivity contribution is 6.64. The molecule has 1 aromatic carbocycles. The average Bonchev–Trinajstić information content (AvgIpc) is 3.10. The number of carbonyl (C=O) groups is 2. The molecule has 0 saturated carbocycles.